The molecule has 2 amide bonds. The number of nitrogens with one attached hydrogen (secondary N) is 1. The Kier molecular flexibility index (Phi) is 26.3. The van der Waals surface area contributed by atoms with Crippen molar-refractivity contribution < 1.29 is 80.0 Å². The van der Waals surface area contributed by atoms with Crippen LogP contribution in [-0.2, 0) is 68.2 Å². The summed E-state index contributed by atoms with van der Waals surface area (Å²) in [6.45, 7) is 4.16. The zero-order chi connectivity index (χ0) is 83.3. The predicted molar refractivity (Wildman–Crippen MR) is 430 cm³/mol. The molecule has 4 saturated carbocycles. The van der Waals surface area contributed by atoms with Gasteiger partial charge in [0.15, 0.2) is 46.4 Å². The molecule has 9 aliphatic rings. The average molecular weight is 1670 g/mol. The molecule has 630 valence electrons. The lowest BCUT2D eigenvalue weighted by atomic mass is 9.81. The number of ether oxygens (including phenoxy) is 3. The lowest BCUT2D eigenvalue weighted by Gasteiger charge is -2.33. The first kappa shape index (κ1) is 85.0. The Morgan fingerprint density at radius 2 is 0.883 bits per heavy atom. The number of carbonyl (C=O) groups is 9. The second-order valence-corrected chi connectivity index (χ2v) is 32.4. The normalized spacial score (nSPS) is 23.8. The van der Waals surface area contributed by atoms with Gasteiger partial charge in [-0.25, -0.2) is 47.5 Å². The van der Waals surface area contributed by atoms with E-state index in [1.807, 2.05) is 0 Å². The Labute approximate surface area is 694 Å². The molecule has 3 aliphatic heterocycles. The number of carboxylic acid groups (broad SMARTS) is 1. The number of carboxylic acids is 1. The van der Waals surface area contributed by atoms with E-state index in [1.54, 1.807) is 132 Å². The second kappa shape index (κ2) is 37.1. The Bertz CT molecular complexity index is 5410. The summed E-state index contributed by atoms with van der Waals surface area (Å²) in [6.07, 6.45) is 24.7. The van der Waals surface area contributed by atoms with Crippen molar-refractivity contribution in [3.8, 4) is 17.2 Å². The van der Waals surface area contributed by atoms with Gasteiger partial charge in [-0.1, -0.05) is 18.6 Å². The van der Waals surface area contributed by atoms with Crippen LogP contribution in [0, 0.1) is 35.5 Å². The molecule has 28 nitrogen and oxygen atoms in total. The fraction of sp³-hybridized carbons (Fsp3) is 0.471. The third-order valence-electron chi connectivity index (χ3n) is 24.0. The first-order valence-electron chi connectivity index (χ1n) is 40.9. The zero-order valence-electron chi connectivity index (χ0n) is 66.7. The number of carbonyl (C=O) groups excluding carboxylic acids is 8. The largest absolute Gasteiger partial charge is 0.486 e. The van der Waals surface area contributed by atoms with Crippen molar-refractivity contribution in [1.29, 1.82) is 0 Å². The molecule has 9 heterocycles. The van der Waals surface area contributed by atoms with E-state index < -0.39 is 29.9 Å². The first-order chi connectivity index (χ1) is 57.4. The summed E-state index contributed by atoms with van der Waals surface area (Å²) in [7, 11) is 0. The topological polar surface area (TPSA) is 351 Å². The number of benzene rings is 3. The number of allylic oxidation sites excluding steroid dienone is 4. The average Bonchev–Trinajstić information content (AvgIpc) is 1.58. The number of alkyl halides is 2. The molecule has 33 heteroatoms. The molecule has 9 aromatic rings. The van der Waals surface area contributed by atoms with Crippen LogP contribution in [0.5, 0.6) is 17.2 Å². The minimum atomic E-state index is -2.84. The van der Waals surface area contributed by atoms with Crippen molar-refractivity contribution in [2.24, 2.45) is 35.5 Å². The van der Waals surface area contributed by atoms with Crippen LogP contribution in [0.3, 0.4) is 0 Å². The fourth-order valence-electron chi connectivity index (χ4n) is 17.6. The maximum Gasteiger partial charge on any atom is 0.325 e. The molecule has 3 saturated heterocycles. The SMILES string of the molecule is CC(=O)c1nn(CC(=O)N2[C@@H]3C[C@@H]3C[C@H]2C(=O)CC2CCCC=C2F)c2ccc(OCc3ncccn3)cc12.CC(=O)c1nn(CC(=O)N2[C@@H]3C[C@@H]3C[C@H]2C(=O)CC2CCCCC2(F)F)c2ccc(OCc3ncccn3)cc12.CC(=O)c1nn(CC(=O)O)c2ccc(OCc3ncccn3)cc12.Cl.O=C(CC1CCCC=C1F)[C@@H]1C[C@H]2C[C@H]2N1. The van der Waals surface area contributed by atoms with E-state index >= 15 is 0 Å². The van der Waals surface area contributed by atoms with Gasteiger partial charge in [0.05, 0.1) is 46.3 Å². The molecule has 3 aromatic carbocycles. The quantitative estimate of drug-likeness (QED) is 0.0357. The number of piperidine rings is 3. The molecule has 7 fully saturated rings. The minimum Gasteiger partial charge on any atom is -0.486 e. The van der Waals surface area contributed by atoms with Gasteiger partial charge in [0.1, 0.15) is 79.6 Å². The van der Waals surface area contributed by atoms with Gasteiger partial charge in [-0.2, -0.15) is 15.3 Å². The molecular formula is C87H94ClF4N15O13. The molecule has 2 N–H and O–H groups in total. The van der Waals surface area contributed by atoms with Gasteiger partial charge >= 0.3 is 5.97 Å². The molecule has 0 bridgehead atoms. The van der Waals surface area contributed by atoms with Gasteiger partial charge in [0.2, 0.25) is 11.8 Å². The van der Waals surface area contributed by atoms with Gasteiger partial charge < -0.3 is 34.4 Å². The highest BCUT2D eigenvalue weighted by atomic mass is 35.5. The third-order valence-corrected chi connectivity index (χ3v) is 24.0. The van der Waals surface area contributed by atoms with Crippen molar-refractivity contribution in [2.45, 2.75) is 224 Å². The Hall–Kier alpha value is -11.4. The minimum absolute atomic E-state index is 0. The van der Waals surface area contributed by atoms with Crippen molar-refractivity contribution >= 4 is 97.6 Å². The summed E-state index contributed by atoms with van der Waals surface area (Å²) in [6, 6.07) is 20.0. The van der Waals surface area contributed by atoms with Crippen molar-refractivity contribution in [3.63, 3.8) is 0 Å². The highest BCUT2D eigenvalue weighted by Gasteiger charge is 2.58. The summed E-state index contributed by atoms with van der Waals surface area (Å²) < 4.78 is 78.2. The van der Waals surface area contributed by atoms with Crippen LogP contribution in [0.4, 0.5) is 17.6 Å². The molecule has 120 heavy (non-hydrogen) atoms. The maximum absolute atomic E-state index is 14.4. The van der Waals surface area contributed by atoms with Crippen LogP contribution in [0.25, 0.3) is 32.7 Å². The van der Waals surface area contributed by atoms with Crippen molar-refractivity contribution in [3.05, 3.63) is 168 Å². The number of aromatic nitrogens is 12. The number of nitrogens with zero attached hydrogens (tertiary/aromatic N) is 14. The van der Waals surface area contributed by atoms with Crippen LogP contribution >= 0.6 is 12.4 Å². The number of ketones is 6. The van der Waals surface area contributed by atoms with Crippen molar-refractivity contribution in [1.82, 2.24) is 74.4 Å². The molecule has 12 atom stereocenters. The standard InChI is InChI=1S/C29H31F2N5O4.C29H30FN5O4.C16H14N4O4.C13H18FNO.ClH/c1-17(37)28-21-14-20(40-16-26-32-9-4-10-33-26)6-7-22(21)35(34-28)15-27(39)36-23-11-18(23)12-24(36)25(38)13-19-5-2-3-8-29(19,30)31;1-17(36)29-21-14-20(39-16-27-31-9-4-10-32-27)7-8-23(21)34(33-29)15-28(38)35-24-11-19(24)12-25(35)26(37)13-18-5-2-3-6-22(18)30;1-10(21)16-12-7-11(24-9-14-17-5-2-6-18-14)3-4-13(12)20(19-16)8-15(22)23;14-10-4-2-1-3-8(10)7-13(16)12-6-9-5-11(9)15-12;/h4,6-7,9-10,14,18-19,23-24H,2-3,5,8,11-13,15-16H2,1H3;4,6-10,14,18-19,24-25H,2-3,5,11-13,15-16H2,1H3;2-7H,8-9H2,1H3,(H,22,23);4,8-9,11-12,15H,1-3,5-7H2;1H/t18-,19?,23-,24+;18?,19-,24-,25+;;8?,9-,11-,12+;/m11.1./s1. The smallest absolute Gasteiger partial charge is 0.325 e. The summed E-state index contributed by atoms with van der Waals surface area (Å²) in [4.78, 5) is 141. The Balaban J connectivity index is 0.000000137. The third kappa shape index (κ3) is 19.9. The summed E-state index contributed by atoms with van der Waals surface area (Å²) in [5.41, 5.74) is 2.44. The lowest BCUT2D eigenvalue weighted by Crippen LogP contribution is -2.46. The van der Waals surface area contributed by atoms with Gasteiger partial charge in [-0.05, 0) is 180 Å². The first-order valence-corrected chi connectivity index (χ1v) is 40.9. The van der Waals surface area contributed by atoms with E-state index in [0.717, 1.165) is 50.9 Å². The van der Waals surface area contributed by atoms with E-state index in [4.69, 9.17) is 19.3 Å². The van der Waals surface area contributed by atoms with Gasteiger partial charge in [0.25, 0.3) is 5.92 Å². The number of rotatable bonds is 27. The van der Waals surface area contributed by atoms with Crippen LogP contribution in [0.1, 0.15) is 192 Å². The molecule has 0 spiro atoms. The fourth-order valence-corrected chi connectivity index (χ4v) is 17.6. The molecule has 6 aliphatic carbocycles. The second-order valence-electron chi connectivity index (χ2n) is 32.4. The van der Waals surface area contributed by atoms with Gasteiger partial charge in [-0.15, -0.1) is 12.4 Å². The number of likely N-dealkylation sites (tertiary alicyclic amines) is 2. The van der Waals surface area contributed by atoms with E-state index in [1.165, 1.54) is 41.2 Å². The van der Waals surface area contributed by atoms with E-state index in [2.05, 4.69) is 50.5 Å². The monoisotopic (exact) mass is 1670 g/mol. The number of aliphatic carboxylic acids is 1. The maximum atomic E-state index is 14.4. The molecular weight excluding hydrogens is 1570 g/mol. The van der Waals surface area contributed by atoms with Crippen LogP contribution < -0.4 is 19.5 Å². The molecule has 0 radical (unpaired) electrons. The van der Waals surface area contributed by atoms with E-state index in [0.29, 0.717) is 131 Å². The van der Waals surface area contributed by atoms with Crippen LogP contribution in [0.2, 0.25) is 0 Å². The summed E-state index contributed by atoms with van der Waals surface area (Å²) >= 11 is 0. The van der Waals surface area contributed by atoms with Gasteiger partial charge in [0, 0.05) is 136 Å². The van der Waals surface area contributed by atoms with E-state index in [-0.39, 0.29) is 182 Å². The Morgan fingerprint density at radius 1 is 0.483 bits per heavy atom. The number of hydrogen-bond acceptors (Lipinski definition) is 22. The number of halogens is 5. The van der Waals surface area contributed by atoms with Crippen LogP contribution in [-0.4, -0.2) is 169 Å². The zero-order valence-corrected chi connectivity index (χ0v) is 67.5. The highest BCUT2D eigenvalue weighted by Crippen LogP contribution is 2.51. The molecule has 6 aromatic heterocycles. The predicted octanol–water partition coefficient (Wildman–Crippen LogP) is 13.1. The lowest BCUT2D eigenvalue weighted by molar-refractivity contribution is -0.142. The van der Waals surface area contributed by atoms with Crippen LogP contribution in [0.15, 0.2) is 134 Å². The Morgan fingerprint density at radius 3 is 1.26 bits per heavy atom. The van der Waals surface area contributed by atoms with Gasteiger partial charge in [-0.3, -0.25) is 57.2 Å². The highest BCUT2D eigenvalue weighted by molar-refractivity contribution is 6.07. The summed E-state index contributed by atoms with van der Waals surface area (Å²) in [5.74, 6) is -2.51. The number of fused-ring (bicyclic) bond motifs is 6. The summed E-state index contributed by atoms with van der Waals surface area (Å²) in [5, 5.41) is 27.0. The molecule has 18 rings (SSSR count). The number of hydrogen-bond donors (Lipinski definition) is 2. The number of Topliss-reactive ketones (excluding diaryl/α,β-unsaturated/α-hetero) is 6. The van der Waals surface area contributed by atoms with Crippen molar-refractivity contribution in [2.75, 3.05) is 0 Å². The number of amides is 2. The molecule has 3 unspecified atom stereocenters. The van der Waals surface area contributed by atoms with E-state index in [9.17, 15) is 60.7 Å².